The van der Waals surface area contributed by atoms with Crippen molar-refractivity contribution in [2.75, 3.05) is 0 Å². The lowest BCUT2D eigenvalue weighted by Gasteiger charge is -2.22. The van der Waals surface area contributed by atoms with Gasteiger partial charge in [0.25, 0.3) is 5.69 Å². The summed E-state index contributed by atoms with van der Waals surface area (Å²) in [5.74, 6) is 0.804. The number of nitro benzene ring substituents is 1. The maximum atomic E-state index is 11.2. The lowest BCUT2D eigenvalue weighted by Crippen LogP contribution is -2.25. The Hall–Kier alpha value is -1.91. The molecule has 0 saturated heterocycles. The van der Waals surface area contributed by atoms with Crippen molar-refractivity contribution in [3.8, 4) is 5.75 Å². The van der Waals surface area contributed by atoms with E-state index < -0.39 is 4.92 Å². The van der Waals surface area contributed by atoms with Gasteiger partial charge in [-0.05, 0) is 25.0 Å². The van der Waals surface area contributed by atoms with E-state index in [1.54, 1.807) is 12.1 Å². The molecule has 1 unspecified atom stereocenters. The Kier molecular flexibility index (Phi) is 3.37. The van der Waals surface area contributed by atoms with E-state index in [4.69, 9.17) is 4.74 Å². The highest BCUT2D eigenvalue weighted by Gasteiger charge is 2.20. The van der Waals surface area contributed by atoms with E-state index in [0.717, 1.165) is 12.8 Å². The first-order chi connectivity index (χ1) is 8.15. The van der Waals surface area contributed by atoms with E-state index in [1.807, 2.05) is 0 Å². The van der Waals surface area contributed by atoms with Crippen molar-refractivity contribution >= 4 is 11.5 Å². The van der Waals surface area contributed by atoms with Gasteiger partial charge in [0, 0.05) is 25.0 Å². The molecule has 0 aromatic heterocycles. The summed E-state index contributed by atoms with van der Waals surface area (Å²) in [5.41, 5.74) is 0.0390. The van der Waals surface area contributed by atoms with Gasteiger partial charge in [-0.25, -0.2) is 0 Å². The minimum absolute atomic E-state index is 0.0390. The summed E-state index contributed by atoms with van der Waals surface area (Å²) >= 11 is 0. The Bertz CT molecular complexity index is 427. The highest BCUT2D eigenvalue weighted by molar-refractivity contribution is 5.79. The molecule has 0 bridgehead atoms. The fraction of sp³-hybridized carbons (Fsp3) is 0.417. The summed E-state index contributed by atoms with van der Waals surface area (Å²) < 4.78 is 5.62. The van der Waals surface area contributed by atoms with Crippen molar-refractivity contribution < 1.29 is 14.5 Å². The largest absolute Gasteiger partial charge is 0.490 e. The van der Waals surface area contributed by atoms with E-state index in [-0.39, 0.29) is 17.6 Å². The number of benzene rings is 1. The minimum Gasteiger partial charge on any atom is -0.490 e. The molecule has 1 atom stereocenters. The summed E-state index contributed by atoms with van der Waals surface area (Å²) in [4.78, 5) is 21.3. The third-order valence-corrected chi connectivity index (χ3v) is 2.79. The van der Waals surface area contributed by atoms with Gasteiger partial charge in [0.05, 0.1) is 4.92 Å². The molecule has 17 heavy (non-hydrogen) atoms. The van der Waals surface area contributed by atoms with Gasteiger partial charge in [-0.1, -0.05) is 0 Å². The number of carbonyl (C=O) groups is 1. The SMILES string of the molecule is O=C1CCCC(Oc2ccc([N+](=O)[O-])cc2)C1. The van der Waals surface area contributed by atoms with Crippen LogP contribution in [0.25, 0.3) is 0 Å². The van der Waals surface area contributed by atoms with Crippen LogP contribution in [0.1, 0.15) is 25.7 Å². The number of nitro groups is 1. The van der Waals surface area contributed by atoms with Gasteiger partial charge in [-0.3, -0.25) is 14.9 Å². The normalized spacial score (nSPS) is 20.0. The van der Waals surface area contributed by atoms with Crippen LogP contribution in [0.4, 0.5) is 5.69 Å². The number of hydrogen-bond acceptors (Lipinski definition) is 4. The summed E-state index contributed by atoms with van der Waals surface area (Å²) in [5, 5.41) is 10.5. The quantitative estimate of drug-likeness (QED) is 0.596. The van der Waals surface area contributed by atoms with Gasteiger partial charge in [-0.2, -0.15) is 0 Å². The Morgan fingerprint density at radius 1 is 1.29 bits per heavy atom. The van der Waals surface area contributed by atoms with Crippen LogP contribution in [0.2, 0.25) is 0 Å². The summed E-state index contributed by atoms with van der Waals surface area (Å²) in [6, 6.07) is 5.94. The number of Topliss-reactive ketones (excluding diaryl/α,β-unsaturated/α-hetero) is 1. The van der Waals surface area contributed by atoms with Crippen molar-refractivity contribution in [2.24, 2.45) is 0 Å². The monoisotopic (exact) mass is 235 g/mol. The molecule has 0 N–H and O–H groups in total. The molecule has 2 rings (SSSR count). The second kappa shape index (κ2) is 4.95. The van der Waals surface area contributed by atoms with E-state index in [0.29, 0.717) is 18.6 Å². The van der Waals surface area contributed by atoms with Crippen LogP contribution in [-0.4, -0.2) is 16.8 Å². The highest BCUT2D eigenvalue weighted by Crippen LogP contribution is 2.23. The molecule has 1 aliphatic carbocycles. The number of hydrogen-bond donors (Lipinski definition) is 0. The minimum atomic E-state index is -0.450. The average Bonchev–Trinajstić information content (AvgIpc) is 2.29. The number of nitrogens with zero attached hydrogens (tertiary/aromatic N) is 1. The van der Waals surface area contributed by atoms with E-state index in [1.165, 1.54) is 12.1 Å². The summed E-state index contributed by atoms with van der Waals surface area (Å²) in [6.45, 7) is 0. The first kappa shape index (κ1) is 11.6. The second-order valence-corrected chi connectivity index (χ2v) is 4.13. The van der Waals surface area contributed by atoms with Gasteiger partial charge in [-0.15, -0.1) is 0 Å². The van der Waals surface area contributed by atoms with Crippen LogP contribution >= 0.6 is 0 Å². The molecule has 1 aliphatic rings. The number of rotatable bonds is 3. The summed E-state index contributed by atoms with van der Waals surface area (Å²) in [6.07, 6.45) is 2.72. The second-order valence-electron chi connectivity index (χ2n) is 4.13. The predicted octanol–water partition coefficient (Wildman–Crippen LogP) is 2.49. The lowest BCUT2D eigenvalue weighted by atomic mass is 9.96. The maximum absolute atomic E-state index is 11.2. The van der Waals surface area contributed by atoms with Crippen LogP contribution < -0.4 is 4.74 Å². The summed E-state index contributed by atoms with van der Waals surface area (Å²) in [7, 11) is 0. The zero-order chi connectivity index (χ0) is 12.3. The number of ether oxygens (including phenoxy) is 1. The molecule has 1 aromatic rings. The first-order valence-corrected chi connectivity index (χ1v) is 5.58. The molecule has 1 saturated carbocycles. The zero-order valence-electron chi connectivity index (χ0n) is 9.30. The molecule has 0 heterocycles. The van der Waals surface area contributed by atoms with Crippen molar-refractivity contribution in [3.05, 3.63) is 34.4 Å². The zero-order valence-corrected chi connectivity index (χ0v) is 9.30. The molecule has 0 radical (unpaired) electrons. The standard InChI is InChI=1S/C12H13NO4/c14-10-2-1-3-12(8-10)17-11-6-4-9(5-7-11)13(15)16/h4-7,12H,1-3,8H2. The molecule has 0 amide bonds. The lowest BCUT2D eigenvalue weighted by molar-refractivity contribution is -0.384. The topological polar surface area (TPSA) is 69.4 Å². The molecule has 1 aromatic carbocycles. The van der Waals surface area contributed by atoms with Crippen molar-refractivity contribution in [2.45, 2.75) is 31.8 Å². The molecule has 5 heteroatoms. The third-order valence-electron chi connectivity index (χ3n) is 2.79. The fourth-order valence-corrected chi connectivity index (χ4v) is 1.92. The highest BCUT2D eigenvalue weighted by atomic mass is 16.6. The predicted molar refractivity (Wildman–Crippen MR) is 61.0 cm³/mol. The van der Waals surface area contributed by atoms with Crippen LogP contribution in [0.15, 0.2) is 24.3 Å². The molecule has 1 fully saturated rings. The van der Waals surface area contributed by atoms with Crippen LogP contribution in [-0.2, 0) is 4.79 Å². The molecule has 90 valence electrons. The van der Waals surface area contributed by atoms with Crippen molar-refractivity contribution in [3.63, 3.8) is 0 Å². The van der Waals surface area contributed by atoms with Gasteiger partial charge in [0.15, 0.2) is 0 Å². The number of ketones is 1. The Labute approximate surface area is 98.5 Å². The molecular weight excluding hydrogens is 222 g/mol. The molecule has 0 spiro atoms. The average molecular weight is 235 g/mol. The van der Waals surface area contributed by atoms with E-state index in [9.17, 15) is 14.9 Å². The van der Waals surface area contributed by atoms with E-state index in [2.05, 4.69) is 0 Å². The molecular formula is C12H13NO4. The maximum Gasteiger partial charge on any atom is 0.269 e. The van der Waals surface area contributed by atoms with Gasteiger partial charge in [0.1, 0.15) is 17.6 Å². The molecule has 5 nitrogen and oxygen atoms in total. The van der Waals surface area contributed by atoms with Crippen molar-refractivity contribution in [1.82, 2.24) is 0 Å². The fourth-order valence-electron chi connectivity index (χ4n) is 1.92. The molecule has 0 aliphatic heterocycles. The van der Waals surface area contributed by atoms with Crippen molar-refractivity contribution in [1.29, 1.82) is 0 Å². The van der Waals surface area contributed by atoms with Crippen LogP contribution in [0.3, 0.4) is 0 Å². The van der Waals surface area contributed by atoms with Crippen LogP contribution in [0.5, 0.6) is 5.75 Å². The smallest absolute Gasteiger partial charge is 0.269 e. The first-order valence-electron chi connectivity index (χ1n) is 5.58. The number of non-ortho nitro benzene ring substituents is 1. The Morgan fingerprint density at radius 3 is 2.59 bits per heavy atom. The van der Waals surface area contributed by atoms with E-state index >= 15 is 0 Å². The Balaban J connectivity index is 1.98. The number of carbonyl (C=O) groups excluding carboxylic acids is 1. The van der Waals surface area contributed by atoms with Gasteiger partial charge < -0.3 is 4.74 Å². The van der Waals surface area contributed by atoms with Crippen LogP contribution in [0, 0.1) is 10.1 Å². The van der Waals surface area contributed by atoms with Gasteiger partial charge >= 0.3 is 0 Å². The Morgan fingerprint density at radius 2 is 2.00 bits per heavy atom. The third kappa shape index (κ3) is 3.03. The van der Waals surface area contributed by atoms with Gasteiger partial charge in [0.2, 0.25) is 0 Å².